The Bertz CT molecular complexity index is 1260. The quantitative estimate of drug-likeness (QED) is 0.631. The predicted molar refractivity (Wildman–Crippen MR) is 101 cm³/mol. The van der Waals surface area contributed by atoms with Crippen LogP contribution in [0, 0.1) is 115 Å². The van der Waals surface area contributed by atoms with Gasteiger partial charge in [0.15, 0.2) is 0 Å². The molecule has 13 aliphatic carbocycles. The molecule has 28 heavy (non-hydrogen) atoms. The van der Waals surface area contributed by atoms with Crippen molar-refractivity contribution in [1.29, 1.82) is 0 Å². The van der Waals surface area contributed by atoms with Gasteiger partial charge < -0.3 is 0 Å². The van der Waals surface area contributed by atoms with E-state index in [1.54, 1.807) is 31.3 Å². The second-order valence-corrected chi connectivity index (χ2v) is 15.3. The van der Waals surface area contributed by atoms with E-state index in [4.69, 9.17) is 7.49 Å². The molecule has 0 aromatic heterocycles. The Balaban J connectivity index is 1.24. The first-order chi connectivity index (χ1) is 13.7. The maximum absolute atomic E-state index is 6.22. The van der Waals surface area contributed by atoms with Gasteiger partial charge in [0.05, 0.1) is 0 Å². The Morgan fingerprint density at radius 2 is 1.36 bits per heavy atom. The van der Waals surface area contributed by atoms with E-state index < -0.39 is 0 Å². The van der Waals surface area contributed by atoms with E-state index >= 15 is 0 Å². The molecular weight excluding hydrogens is 335 g/mol. The van der Waals surface area contributed by atoms with Crippen LogP contribution in [0.2, 0.25) is 0 Å². The zero-order chi connectivity index (χ0) is 17.1. The van der Waals surface area contributed by atoms with Gasteiger partial charge in [0, 0.05) is 0 Å². The topological polar surface area (TPSA) is 0 Å². The van der Waals surface area contributed by atoms with Crippen LogP contribution < -0.4 is 0 Å². The fraction of sp³-hybridized carbons (Fsp3) is 0.926. The summed E-state index contributed by atoms with van der Waals surface area (Å²) in [7, 11) is 6.22. The van der Waals surface area contributed by atoms with Gasteiger partial charge in [-0.25, -0.2) is 0 Å². The van der Waals surface area contributed by atoms with Crippen molar-refractivity contribution >= 4 is 13.1 Å². The molecule has 13 saturated carbocycles. The molecule has 0 N–H and O–H groups in total. The Hall–Kier alpha value is -0.285. The molecule has 20 unspecified atom stereocenters. The second kappa shape index (κ2) is 2.24. The summed E-state index contributed by atoms with van der Waals surface area (Å²) in [5.74, 6) is 15.8. The zero-order valence-corrected chi connectivity index (χ0v) is 16.4. The van der Waals surface area contributed by atoms with E-state index in [9.17, 15) is 0 Å². The summed E-state index contributed by atoms with van der Waals surface area (Å²) >= 11 is 0. The minimum absolute atomic E-state index is 0.572. The fourth-order valence-electron chi connectivity index (χ4n) is 21.4. The van der Waals surface area contributed by atoms with E-state index in [0.29, 0.717) is 5.41 Å². The molecule has 0 nitrogen and oxygen atoms in total. The van der Waals surface area contributed by atoms with Crippen molar-refractivity contribution in [2.24, 2.45) is 115 Å². The SMILES string of the molecule is [B]=C=C(C)C12CC3CC4C5C6C7C8C9CC%10CC%11C%12C%13C%14C1C8(C392)C7%14C6%13C5%12C%104%11. The molecule has 20 atom stereocenters. The van der Waals surface area contributed by atoms with E-state index in [2.05, 4.69) is 12.5 Å². The summed E-state index contributed by atoms with van der Waals surface area (Å²) in [6, 6.07) is 0. The molecule has 0 saturated heterocycles. The van der Waals surface area contributed by atoms with Crippen molar-refractivity contribution in [2.75, 3.05) is 0 Å². The first-order valence-electron chi connectivity index (χ1n) is 13.0. The average Bonchev–Trinajstić information content (AvgIpc) is 2.82. The molecule has 13 fully saturated rings. The molecule has 0 bridgehead atoms. The van der Waals surface area contributed by atoms with Gasteiger partial charge in [-0.2, -0.15) is 0 Å². The molecule has 13 aliphatic rings. The Labute approximate surface area is 166 Å². The number of hydrogen-bond acceptors (Lipinski definition) is 0. The molecule has 13 rings (SSSR count). The van der Waals surface area contributed by atoms with Gasteiger partial charge in [0.2, 0.25) is 0 Å². The van der Waals surface area contributed by atoms with Gasteiger partial charge in [0.25, 0.3) is 0 Å². The van der Waals surface area contributed by atoms with Crippen LogP contribution in [0.15, 0.2) is 5.57 Å². The fourth-order valence-corrected chi connectivity index (χ4v) is 21.4. The molecule has 6 spiro atoms. The third-order valence-electron chi connectivity index (χ3n) is 18.7. The summed E-state index contributed by atoms with van der Waals surface area (Å²) in [5, 5.41) is 0. The molecule has 0 aliphatic heterocycles. The number of hydrogen-bond donors (Lipinski definition) is 0. The summed E-state index contributed by atoms with van der Waals surface area (Å²) in [4.78, 5) is 0. The van der Waals surface area contributed by atoms with Crippen molar-refractivity contribution in [1.82, 2.24) is 0 Å². The number of rotatable bonds is 1. The molecule has 0 aromatic carbocycles. The monoisotopic (exact) mass is 359 g/mol. The van der Waals surface area contributed by atoms with Crippen LogP contribution in [0.5, 0.6) is 0 Å². The van der Waals surface area contributed by atoms with Crippen molar-refractivity contribution in [2.45, 2.75) is 32.6 Å². The summed E-state index contributed by atoms with van der Waals surface area (Å²) in [6.45, 7) is 2.43. The van der Waals surface area contributed by atoms with Crippen molar-refractivity contribution in [3.63, 3.8) is 0 Å². The first kappa shape index (κ1) is 11.9. The molecular formula is C27H24B. The molecule has 135 valence electrons. The van der Waals surface area contributed by atoms with E-state index in [0.717, 1.165) is 50.2 Å². The molecule has 1 radical (unpaired) electrons. The van der Waals surface area contributed by atoms with Crippen LogP contribution in [0.4, 0.5) is 0 Å². The molecule has 0 aromatic rings. The second-order valence-electron chi connectivity index (χ2n) is 15.3. The third kappa shape index (κ3) is 0.398. The van der Waals surface area contributed by atoms with Crippen LogP contribution in [-0.4, -0.2) is 13.1 Å². The Morgan fingerprint density at radius 3 is 2.14 bits per heavy atom. The van der Waals surface area contributed by atoms with Crippen LogP contribution in [0.1, 0.15) is 32.6 Å². The minimum atomic E-state index is 0.572. The van der Waals surface area contributed by atoms with E-state index in [1.165, 1.54) is 59.2 Å². The van der Waals surface area contributed by atoms with Crippen molar-refractivity contribution in [3.05, 3.63) is 5.57 Å². The van der Waals surface area contributed by atoms with Gasteiger partial charge in [-0.15, -0.1) is 0 Å². The van der Waals surface area contributed by atoms with E-state index in [1.807, 2.05) is 0 Å². The van der Waals surface area contributed by atoms with Crippen LogP contribution in [0.3, 0.4) is 0 Å². The summed E-state index contributed by atoms with van der Waals surface area (Å²) < 4.78 is 0. The Kier molecular flexibility index (Phi) is 0.957. The van der Waals surface area contributed by atoms with Crippen LogP contribution in [0.25, 0.3) is 0 Å². The number of fused-ring (bicyclic) bond motifs is 10. The summed E-state index contributed by atoms with van der Waals surface area (Å²) in [6.07, 6.45) is 6.67. The van der Waals surface area contributed by atoms with Crippen molar-refractivity contribution < 1.29 is 0 Å². The van der Waals surface area contributed by atoms with Gasteiger partial charge >= 0.3 is 166 Å². The van der Waals surface area contributed by atoms with Crippen LogP contribution >= 0.6 is 0 Å². The molecule has 0 amide bonds. The van der Waals surface area contributed by atoms with Crippen molar-refractivity contribution in [3.8, 4) is 0 Å². The maximum atomic E-state index is 6.22. The van der Waals surface area contributed by atoms with Gasteiger partial charge in [-0.1, -0.05) is 0 Å². The predicted octanol–water partition coefficient (Wildman–Crippen LogP) is 3.17. The van der Waals surface area contributed by atoms with Gasteiger partial charge in [-0.3, -0.25) is 0 Å². The average molecular weight is 359 g/mol. The Morgan fingerprint density at radius 1 is 0.714 bits per heavy atom. The van der Waals surface area contributed by atoms with Crippen LogP contribution in [-0.2, 0) is 0 Å². The standard InChI is InChI=1S/C27H24B/c1-7(6-28)21-5-9-4-11-13-16-17-15-12-3-8-2-10-14-18-19-20(21)27(15,23(9,12)21)26(17,19)25(16,18)24(13,14)22(8,10)11/h8-20H,2-5H2,1H3. The van der Waals surface area contributed by atoms with E-state index in [-0.39, 0.29) is 0 Å². The normalized spacial score (nSPS) is 102. The van der Waals surface area contributed by atoms with Gasteiger partial charge in [0.1, 0.15) is 0 Å². The molecule has 1 heteroatoms. The third-order valence-corrected chi connectivity index (χ3v) is 18.7. The zero-order valence-electron chi connectivity index (χ0n) is 16.4. The van der Waals surface area contributed by atoms with Gasteiger partial charge in [-0.05, 0) is 0 Å². The summed E-state index contributed by atoms with van der Waals surface area (Å²) in [5.41, 5.74) is 11.1. The molecule has 0 heterocycles. The first-order valence-corrected chi connectivity index (χ1v) is 13.0. The number of allylic oxidation sites excluding steroid dienone is 1.